The van der Waals surface area contributed by atoms with Crippen molar-refractivity contribution in [2.24, 2.45) is 0 Å². The number of hydrogen-bond acceptors (Lipinski definition) is 11. The molecular weight excluding hydrogens is 803 g/mol. The van der Waals surface area contributed by atoms with Gasteiger partial charge in [-0.05, 0) is 60.5 Å². The van der Waals surface area contributed by atoms with Crippen LogP contribution in [0.15, 0.2) is 60.8 Å². The molecule has 0 bridgehead atoms. The van der Waals surface area contributed by atoms with E-state index in [0.717, 1.165) is 0 Å². The smallest absolute Gasteiger partial charge is 0.305 e. The summed E-state index contributed by atoms with van der Waals surface area (Å²) in [6.45, 7) is -0.608. The first-order valence-electron chi connectivity index (χ1n) is 19.0. The predicted octanol–water partition coefficient (Wildman–Crippen LogP) is 0.982. The van der Waals surface area contributed by atoms with E-state index in [1.54, 1.807) is 48.9 Å². The molecule has 1 aliphatic heterocycles. The molecule has 0 spiro atoms. The summed E-state index contributed by atoms with van der Waals surface area (Å²) in [6.07, 6.45) is 4.37. The van der Waals surface area contributed by atoms with Crippen LogP contribution in [0.1, 0.15) is 49.1 Å². The Morgan fingerprint density at radius 2 is 1.32 bits per heavy atom. The Hall–Kier alpha value is -5.56. The summed E-state index contributed by atoms with van der Waals surface area (Å²) in [5, 5.41) is 26.2. The lowest BCUT2D eigenvalue weighted by Gasteiger charge is -2.30. The van der Waals surface area contributed by atoms with Gasteiger partial charge in [-0.1, -0.05) is 48.5 Å². The Balaban J connectivity index is 1.80. The molecule has 2 heterocycles. The number of aliphatic carboxylic acids is 1. The van der Waals surface area contributed by atoms with E-state index in [4.69, 9.17) is 4.74 Å². The van der Waals surface area contributed by atoms with Crippen LogP contribution in [0.4, 0.5) is 0 Å². The number of thioether (sulfide) groups is 2. The Morgan fingerprint density at radius 1 is 0.746 bits per heavy atom. The Morgan fingerprint density at radius 3 is 1.98 bits per heavy atom. The fraction of sp³-hybridized carbons (Fsp3) is 0.450. The predicted molar refractivity (Wildman–Crippen MR) is 223 cm³/mol. The van der Waals surface area contributed by atoms with Crippen LogP contribution in [0, 0.1) is 0 Å². The lowest BCUT2D eigenvalue weighted by Crippen LogP contribution is -2.61. The first-order chi connectivity index (χ1) is 28.3. The van der Waals surface area contributed by atoms with Gasteiger partial charge in [0.1, 0.15) is 30.2 Å². The molecule has 19 heteroatoms. The van der Waals surface area contributed by atoms with Crippen LogP contribution < -0.4 is 31.9 Å². The van der Waals surface area contributed by atoms with Crippen molar-refractivity contribution < 1.29 is 48.2 Å². The molecule has 59 heavy (non-hydrogen) atoms. The zero-order valence-corrected chi connectivity index (χ0v) is 34.7. The number of amides is 6. The van der Waals surface area contributed by atoms with Gasteiger partial charge >= 0.3 is 11.9 Å². The van der Waals surface area contributed by atoms with Gasteiger partial charge in [-0.25, -0.2) is 0 Å². The number of rotatable bonds is 15. The van der Waals surface area contributed by atoms with E-state index in [1.165, 1.54) is 30.6 Å². The number of carboxylic acid groups (broad SMARTS) is 1. The van der Waals surface area contributed by atoms with Crippen molar-refractivity contribution in [1.29, 1.82) is 0 Å². The average Bonchev–Trinajstić information content (AvgIpc) is 3.65. The van der Waals surface area contributed by atoms with E-state index in [2.05, 4.69) is 36.9 Å². The molecule has 0 saturated carbocycles. The largest absolute Gasteiger partial charge is 0.481 e. The molecule has 1 aliphatic rings. The molecule has 1 fully saturated rings. The van der Waals surface area contributed by atoms with E-state index in [1.807, 2.05) is 24.5 Å². The number of aromatic amines is 1. The van der Waals surface area contributed by atoms with Crippen LogP contribution in [0.25, 0.3) is 10.9 Å². The summed E-state index contributed by atoms with van der Waals surface area (Å²) in [5.74, 6) is -7.03. The summed E-state index contributed by atoms with van der Waals surface area (Å²) >= 11 is 2.78. The van der Waals surface area contributed by atoms with Gasteiger partial charge in [-0.2, -0.15) is 23.5 Å². The molecule has 0 radical (unpaired) electrons. The topological polar surface area (TPSA) is 254 Å². The summed E-state index contributed by atoms with van der Waals surface area (Å²) < 4.78 is 4.89. The Labute approximate surface area is 350 Å². The monoisotopic (exact) mass is 853 g/mol. The second kappa shape index (κ2) is 23.1. The maximum Gasteiger partial charge on any atom is 0.305 e. The first kappa shape index (κ1) is 46.1. The minimum atomic E-state index is -1.69. The number of aromatic nitrogens is 1. The molecule has 0 aliphatic carbocycles. The van der Waals surface area contributed by atoms with Gasteiger partial charge in [-0.3, -0.25) is 38.4 Å². The van der Waals surface area contributed by atoms with Crippen LogP contribution in [0.5, 0.6) is 0 Å². The van der Waals surface area contributed by atoms with E-state index in [-0.39, 0.29) is 32.1 Å². The standard InChI is InChI=1S/C40H51N7O10S2/c1-57-34(51)14-13-25(26-21-41-27-12-8-7-11-24(26)27)35-40(56)44-29(16-18-59-3)37(53)46-31(20-33(49)50)39(55)45-30(19-23-9-5-4-6-10-23)38(54)43-28(15-17-58-2)36(52)42-22-32(48)47-35/h4-12,21,25,28-31,35,41H,13-20,22H2,1-3H3,(H,42,52)(H,43,54)(H,44,56)(H,45,55)(H,46,53)(H,47,48)(H,49,50)/t25-,28+,29+,30+,31+,35+/m1/s1. The Bertz CT molecular complexity index is 1960. The number of ether oxygens (including phenoxy) is 1. The highest BCUT2D eigenvalue weighted by molar-refractivity contribution is 7.98. The quantitative estimate of drug-likeness (QED) is 0.0997. The molecule has 17 nitrogen and oxygen atoms in total. The molecule has 2 aromatic carbocycles. The number of hydrogen-bond donors (Lipinski definition) is 8. The number of carbonyl (C=O) groups excluding carboxylic acids is 7. The highest BCUT2D eigenvalue weighted by Gasteiger charge is 2.37. The maximum absolute atomic E-state index is 14.5. The molecule has 1 saturated heterocycles. The van der Waals surface area contributed by atoms with Gasteiger partial charge in [0.25, 0.3) is 0 Å². The first-order valence-corrected chi connectivity index (χ1v) is 21.8. The third kappa shape index (κ3) is 13.8. The van der Waals surface area contributed by atoms with Gasteiger partial charge in [0.15, 0.2) is 0 Å². The normalized spacial score (nSPS) is 21.7. The van der Waals surface area contributed by atoms with Crippen molar-refractivity contribution in [2.45, 2.75) is 74.7 Å². The number of esters is 1. The number of carboxylic acids is 1. The van der Waals surface area contributed by atoms with Crippen LogP contribution in [0.2, 0.25) is 0 Å². The number of fused-ring (bicyclic) bond motifs is 1. The highest BCUT2D eigenvalue weighted by Crippen LogP contribution is 2.32. The molecule has 0 unspecified atom stereocenters. The number of nitrogens with one attached hydrogen (secondary N) is 7. The van der Waals surface area contributed by atoms with Gasteiger partial charge in [0.2, 0.25) is 35.4 Å². The van der Waals surface area contributed by atoms with Crippen LogP contribution in [0.3, 0.4) is 0 Å². The molecule has 6 amide bonds. The van der Waals surface area contributed by atoms with Crippen molar-refractivity contribution >= 4 is 81.8 Å². The zero-order chi connectivity index (χ0) is 42.9. The van der Waals surface area contributed by atoms with Crippen LogP contribution in [-0.4, -0.2) is 125 Å². The van der Waals surface area contributed by atoms with Crippen molar-refractivity contribution in [2.75, 3.05) is 37.7 Å². The average molecular weight is 854 g/mol. The summed E-state index contributed by atoms with van der Waals surface area (Å²) in [5.41, 5.74) is 1.93. The van der Waals surface area contributed by atoms with Gasteiger partial charge < -0.3 is 46.7 Å². The lowest BCUT2D eigenvalue weighted by atomic mass is 9.86. The molecular formula is C40H51N7O10S2. The molecule has 6 atom stereocenters. The van der Waals surface area contributed by atoms with Crippen molar-refractivity contribution in [3.05, 3.63) is 71.9 Å². The SMILES string of the molecule is COC(=O)CC[C@H](c1c[nH]c2ccccc12)[C@@H]1NC(=O)CNC(=O)[C@H](CCSC)NC(=O)[C@H](Cc2ccccc2)NC(=O)[C@H](CC(=O)O)NC(=O)[C@H](CCSC)NC1=O. The van der Waals surface area contributed by atoms with Gasteiger partial charge in [0, 0.05) is 35.9 Å². The van der Waals surface area contributed by atoms with Crippen LogP contribution >= 0.6 is 23.5 Å². The third-order valence-electron chi connectivity index (χ3n) is 9.75. The minimum absolute atomic E-state index is 0.00865. The maximum atomic E-state index is 14.5. The number of benzene rings is 2. The van der Waals surface area contributed by atoms with E-state index >= 15 is 0 Å². The highest BCUT2D eigenvalue weighted by atomic mass is 32.2. The second-order valence-electron chi connectivity index (χ2n) is 13.9. The third-order valence-corrected chi connectivity index (χ3v) is 11.0. The summed E-state index contributed by atoms with van der Waals surface area (Å²) in [6, 6.07) is 8.97. The zero-order valence-electron chi connectivity index (χ0n) is 33.0. The number of carbonyl (C=O) groups is 8. The van der Waals surface area contributed by atoms with Gasteiger partial charge in [0.05, 0.1) is 20.1 Å². The van der Waals surface area contributed by atoms with Crippen molar-refractivity contribution in [1.82, 2.24) is 36.9 Å². The van der Waals surface area contributed by atoms with Gasteiger partial charge in [-0.15, -0.1) is 0 Å². The molecule has 3 aromatic rings. The van der Waals surface area contributed by atoms with E-state index in [9.17, 15) is 43.5 Å². The molecule has 1 aromatic heterocycles. The van der Waals surface area contributed by atoms with Crippen molar-refractivity contribution in [3.63, 3.8) is 0 Å². The molecule has 318 valence electrons. The Kier molecular flexibility index (Phi) is 18.1. The number of para-hydroxylation sites is 1. The fourth-order valence-electron chi connectivity index (χ4n) is 6.67. The molecule has 8 N–H and O–H groups in total. The number of methoxy groups -OCH3 is 1. The van der Waals surface area contributed by atoms with Crippen molar-refractivity contribution in [3.8, 4) is 0 Å². The van der Waals surface area contributed by atoms with Crippen LogP contribution in [-0.2, 0) is 49.5 Å². The van der Waals surface area contributed by atoms with E-state index in [0.29, 0.717) is 33.5 Å². The number of H-pyrrole nitrogens is 1. The van der Waals surface area contributed by atoms with E-state index < -0.39 is 96.5 Å². The second-order valence-corrected chi connectivity index (χ2v) is 15.8. The summed E-state index contributed by atoms with van der Waals surface area (Å²) in [4.78, 5) is 111. The molecule has 4 rings (SSSR count). The minimum Gasteiger partial charge on any atom is -0.481 e. The summed E-state index contributed by atoms with van der Waals surface area (Å²) in [7, 11) is 1.22. The lowest BCUT2D eigenvalue weighted by molar-refractivity contribution is -0.141. The fourth-order valence-corrected chi connectivity index (χ4v) is 7.62.